The summed E-state index contributed by atoms with van der Waals surface area (Å²) in [5.74, 6) is 1.31. The number of esters is 1. The molecule has 2 aliphatic carbocycles. The van der Waals surface area contributed by atoms with Crippen LogP contribution in [0.3, 0.4) is 0 Å². The van der Waals surface area contributed by atoms with Crippen LogP contribution >= 0.6 is 11.8 Å². The number of hydrogen-bond donors (Lipinski definition) is 0. The molecule has 0 bridgehead atoms. The van der Waals surface area contributed by atoms with Gasteiger partial charge in [-0.3, -0.25) is 9.79 Å². The van der Waals surface area contributed by atoms with Crippen molar-refractivity contribution in [3.05, 3.63) is 23.9 Å². The summed E-state index contributed by atoms with van der Waals surface area (Å²) in [5, 5.41) is 0. The maximum Gasteiger partial charge on any atom is 0.310 e. The van der Waals surface area contributed by atoms with Crippen LogP contribution in [0.25, 0.3) is 0 Å². The van der Waals surface area contributed by atoms with Crippen LogP contribution in [0, 0.1) is 11.8 Å². The van der Waals surface area contributed by atoms with E-state index in [-0.39, 0.29) is 22.7 Å². The minimum absolute atomic E-state index is 0.0275. The summed E-state index contributed by atoms with van der Waals surface area (Å²) in [4.78, 5) is 17.3. The highest BCUT2D eigenvalue weighted by atomic mass is 32.2. The van der Waals surface area contributed by atoms with Gasteiger partial charge in [-0.15, -0.1) is 11.8 Å². The van der Waals surface area contributed by atoms with Gasteiger partial charge in [-0.2, -0.15) is 0 Å². The lowest BCUT2D eigenvalue weighted by Crippen LogP contribution is -2.41. The Morgan fingerprint density at radius 1 is 1.32 bits per heavy atom. The molecule has 1 spiro atoms. The Kier molecular flexibility index (Phi) is 3.89. The third-order valence-electron chi connectivity index (χ3n) is 5.58. The zero-order valence-corrected chi connectivity index (χ0v) is 13.7. The standard InChI is InChI=1S/C18H23NO2S/c20-17(21-13-6-2-1-3-7-13)14-12-22-18-10-5-4-8-16(18)19-11-9-15(14)18/h4-5,8,11,13-15H,1-3,6-7,9-10,12H2. The molecule has 3 nitrogen and oxygen atoms in total. The predicted octanol–water partition coefficient (Wildman–Crippen LogP) is 3.90. The van der Waals surface area contributed by atoms with Gasteiger partial charge in [-0.1, -0.05) is 18.6 Å². The van der Waals surface area contributed by atoms with E-state index in [4.69, 9.17) is 4.74 Å². The van der Waals surface area contributed by atoms with Gasteiger partial charge in [0.1, 0.15) is 6.10 Å². The first-order valence-electron chi connectivity index (χ1n) is 8.54. The molecule has 1 saturated carbocycles. The van der Waals surface area contributed by atoms with Gasteiger partial charge in [0.25, 0.3) is 0 Å². The van der Waals surface area contributed by atoms with Crippen LogP contribution in [0.5, 0.6) is 0 Å². The van der Waals surface area contributed by atoms with E-state index in [1.165, 1.54) is 19.3 Å². The molecule has 0 amide bonds. The summed E-state index contributed by atoms with van der Waals surface area (Å²) in [7, 11) is 0. The molecule has 4 aliphatic rings. The molecule has 4 heteroatoms. The van der Waals surface area contributed by atoms with E-state index in [1.54, 1.807) is 0 Å². The lowest BCUT2D eigenvalue weighted by Gasteiger charge is -2.39. The van der Waals surface area contributed by atoms with Crippen molar-refractivity contribution in [2.24, 2.45) is 16.8 Å². The van der Waals surface area contributed by atoms with Crippen molar-refractivity contribution in [2.45, 2.75) is 55.8 Å². The highest BCUT2D eigenvalue weighted by Crippen LogP contribution is 2.57. The van der Waals surface area contributed by atoms with Crippen molar-refractivity contribution >= 4 is 23.9 Å². The summed E-state index contributed by atoms with van der Waals surface area (Å²) in [5.41, 5.74) is 1.16. The number of thioether (sulfide) groups is 1. The number of carbonyl (C=O) groups is 1. The molecule has 118 valence electrons. The zero-order chi connectivity index (χ0) is 15.0. The Morgan fingerprint density at radius 3 is 3.05 bits per heavy atom. The summed E-state index contributed by atoms with van der Waals surface area (Å²) < 4.78 is 5.89. The van der Waals surface area contributed by atoms with Gasteiger partial charge in [0.15, 0.2) is 0 Å². The van der Waals surface area contributed by atoms with Crippen LogP contribution in [0.15, 0.2) is 28.9 Å². The largest absolute Gasteiger partial charge is 0.462 e. The van der Waals surface area contributed by atoms with Crippen molar-refractivity contribution < 1.29 is 9.53 Å². The van der Waals surface area contributed by atoms with E-state index >= 15 is 0 Å². The second-order valence-corrected chi connectivity index (χ2v) is 8.19. The van der Waals surface area contributed by atoms with Crippen molar-refractivity contribution in [1.29, 1.82) is 0 Å². The first-order chi connectivity index (χ1) is 10.8. The second-order valence-electron chi connectivity index (χ2n) is 6.84. The quantitative estimate of drug-likeness (QED) is 0.725. The van der Waals surface area contributed by atoms with E-state index in [2.05, 4.69) is 23.2 Å². The lowest BCUT2D eigenvalue weighted by molar-refractivity contribution is -0.156. The molecule has 3 atom stereocenters. The van der Waals surface area contributed by atoms with Crippen LogP contribution in [0.2, 0.25) is 0 Å². The average molecular weight is 317 g/mol. The summed E-state index contributed by atoms with van der Waals surface area (Å²) >= 11 is 1.92. The fourth-order valence-electron chi connectivity index (χ4n) is 4.35. The lowest BCUT2D eigenvalue weighted by atomic mass is 9.74. The third kappa shape index (κ3) is 2.36. The van der Waals surface area contributed by atoms with Gasteiger partial charge in [0.2, 0.25) is 0 Å². The highest BCUT2D eigenvalue weighted by Gasteiger charge is 2.55. The normalized spacial score (nSPS) is 37.4. The summed E-state index contributed by atoms with van der Waals surface area (Å²) in [6.45, 7) is 0. The molecule has 22 heavy (non-hydrogen) atoms. The number of rotatable bonds is 2. The van der Waals surface area contributed by atoms with Gasteiger partial charge in [0.05, 0.1) is 16.4 Å². The van der Waals surface area contributed by atoms with Crippen molar-refractivity contribution in [3.8, 4) is 0 Å². The van der Waals surface area contributed by atoms with Crippen molar-refractivity contribution in [2.75, 3.05) is 5.75 Å². The topological polar surface area (TPSA) is 38.7 Å². The Labute approximate surface area is 136 Å². The molecule has 0 radical (unpaired) electrons. The minimum Gasteiger partial charge on any atom is -0.462 e. The Balaban J connectivity index is 1.50. The molecule has 0 N–H and O–H groups in total. The number of aliphatic imine (C=N–C) groups is 1. The summed E-state index contributed by atoms with van der Waals surface area (Å²) in [6.07, 6.45) is 16.3. The highest BCUT2D eigenvalue weighted by molar-refractivity contribution is 8.01. The van der Waals surface area contributed by atoms with Crippen molar-refractivity contribution in [1.82, 2.24) is 0 Å². The fraction of sp³-hybridized carbons (Fsp3) is 0.667. The molecule has 4 rings (SSSR count). The minimum atomic E-state index is 0.0275. The molecule has 2 aliphatic heterocycles. The van der Waals surface area contributed by atoms with Gasteiger partial charge in [-0.25, -0.2) is 0 Å². The molecule has 2 heterocycles. The smallest absolute Gasteiger partial charge is 0.310 e. The second kappa shape index (κ2) is 5.88. The number of ether oxygens (including phenoxy) is 1. The van der Waals surface area contributed by atoms with E-state index in [9.17, 15) is 4.79 Å². The van der Waals surface area contributed by atoms with Crippen LogP contribution in [-0.2, 0) is 9.53 Å². The van der Waals surface area contributed by atoms with Gasteiger partial charge < -0.3 is 4.74 Å². The number of allylic oxidation sites excluding steroid dienone is 3. The molecule has 1 saturated heterocycles. The maximum atomic E-state index is 12.7. The number of carbonyl (C=O) groups excluding carboxylic acids is 1. The molecule has 0 aromatic heterocycles. The number of nitrogens with zero attached hydrogens (tertiary/aromatic N) is 1. The first-order valence-corrected chi connectivity index (χ1v) is 9.52. The Hall–Kier alpha value is -1.03. The molecular weight excluding hydrogens is 294 g/mol. The maximum absolute atomic E-state index is 12.7. The zero-order valence-electron chi connectivity index (χ0n) is 12.9. The van der Waals surface area contributed by atoms with E-state index in [0.29, 0.717) is 5.92 Å². The molecule has 0 aromatic carbocycles. The van der Waals surface area contributed by atoms with Crippen LogP contribution in [0.4, 0.5) is 0 Å². The average Bonchev–Trinajstić information content (AvgIpc) is 2.93. The monoisotopic (exact) mass is 317 g/mol. The molecule has 3 unspecified atom stereocenters. The summed E-state index contributed by atoms with van der Waals surface area (Å²) in [6, 6.07) is 0. The Morgan fingerprint density at radius 2 is 2.18 bits per heavy atom. The van der Waals surface area contributed by atoms with Gasteiger partial charge in [0, 0.05) is 12.0 Å². The predicted molar refractivity (Wildman–Crippen MR) is 90.1 cm³/mol. The van der Waals surface area contributed by atoms with E-state index in [1.807, 2.05) is 18.0 Å². The van der Waals surface area contributed by atoms with E-state index in [0.717, 1.165) is 37.1 Å². The SMILES string of the molecule is O=C(OC1CCCCC1)C1CSC23CC=CC=C2N=CCC13. The number of hydrogen-bond acceptors (Lipinski definition) is 4. The van der Waals surface area contributed by atoms with Gasteiger partial charge >= 0.3 is 5.97 Å². The first kappa shape index (κ1) is 14.6. The van der Waals surface area contributed by atoms with Gasteiger partial charge in [-0.05, 0) is 50.5 Å². The van der Waals surface area contributed by atoms with Crippen LogP contribution < -0.4 is 0 Å². The Bertz CT molecular complexity index is 547. The van der Waals surface area contributed by atoms with Crippen molar-refractivity contribution in [3.63, 3.8) is 0 Å². The third-order valence-corrected chi connectivity index (χ3v) is 7.30. The molecule has 2 fully saturated rings. The fourth-order valence-corrected chi connectivity index (χ4v) is 6.15. The van der Waals surface area contributed by atoms with E-state index < -0.39 is 0 Å². The van der Waals surface area contributed by atoms with Crippen LogP contribution in [0.1, 0.15) is 44.9 Å². The molecular formula is C18H23NO2S. The van der Waals surface area contributed by atoms with Crippen LogP contribution in [-0.4, -0.2) is 28.8 Å². The molecule has 0 aromatic rings.